The van der Waals surface area contributed by atoms with Gasteiger partial charge in [0.05, 0.1) is 22.3 Å². The highest BCUT2D eigenvalue weighted by molar-refractivity contribution is 6.06. The van der Waals surface area contributed by atoms with Gasteiger partial charge in [0, 0.05) is 12.2 Å². The third-order valence-electron chi connectivity index (χ3n) is 5.03. The van der Waals surface area contributed by atoms with Crippen molar-refractivity contribution in [3.8, 4) is 0 Å². The number of pyridine rings is 1. The number of hydrogen-bond acceptors (Lipinski definition) is 4. The fraction of sp³-hybridized carbons (Fsp3) is 0.421. The van der Waals surface area contributed by atoms with Crippen LogP contribution in [0.15, 0.2) is 17.1 Å². The average molecular weight is 373 g/mol. The quantitative estimate of drug-likeness (QED) is 0.765. The number of carbonyl (C=O) groups is 2. The molecule has 2 heterocycles. The van der Waals surface area contributed by atoms with Gasteiger partial charge in [-0.25, -0.2) is 9.18 Å². The Hall–Kier alpha value is -2.90. The van der Waals surface area contributed by atoms with Crippen molar-refractivity contribution in [1.82, 2.24) is 4.57 Å². The third-order valence-corrected chi connectivity index (χ3v) is 5.03. The molecule has 1 unspecified atom stereocenters. The molecule has 0 bridgehead atoms. The maximum Gasteiger partial charge on any atom is 0.341 e. The lowest BCUT2D eigenvalue weighted by Gasteiger charge is -2.29. The van der Waals surface area contributed by atoms with Crippen LogP contribution in [0.4, 0.5) is 15.8 Å². The second kappa shape index (κ2) is 6.07. The highest BCUT2D eigenvalue weighted by atomic mass is 19.1. The Morgan fingerprint density at radius 1 is 1.37 bits per heavy atom. The van der Waals surface area contributed by atoms with E-state index in [1.165, 1.54) is 12.3 Å². The smallest absolute Gasteiger partial charge is 0.341 e. The molecule has 2 aliphatic rings. The number of rotatable bonds is 4. The van der Waals surface area contributed by atoms with Crippen LogP contribution in [-0.2, 0) is 4.79 Å². The molecular weight excluding hydrogens is 353 g/mol. The van der Waals surface area contributed by atoms with Gasteiger partial charge in [-0.2, -0.15) is 0 Å². The van der Waals surface area contributed by atoms with E-state index in [1.807, 2.05) is 13.8 Å². The number of aromatic carboxylic acids is 1. The molecule has 3 N–H and O–H groups in total. The summed E-state index contributed by atoms with van der Waals surface area (Å²) in [6, 6.07) is 0.782. The van der Waals surface area contributed by atoms with Gasteiger partial charge in [-0.05, 0) is 31.2 Å². The zero-order valence-electron chi connectivity index (χ0n) is 15.0. The number of halogens is 1. The van der Waals surface area contributed by atoms with Crippen LogP contribution < -0.4 is 16.1 Å². The number of hydrogen-bond donors (Lipinski definition) is 3. The Bertz CT molecular complexity index is 1040. The number of carboxylic acid groups (broad SMARTS) is 1. The van der Waals surface area contributed by atoms with Crippen molar-refractivity contribution in [2.75, 3.05) is 10.6 Å². The number of carbonyl (C=O) groups excluding carboxylic acids is 1. The first kappa shape index (κ1) is 17.5. The predicted molar refractivity (Wildman–Crippen MR) is 98.9 cm³/mol. The number of nitrogens with zero attached hydrogens (tertiary/aromatic N) is 1. The highest BCUT2D eigenvalue weighted by Gasteiger charge is 2.33. The van der Waals surface area contributed by atoms with Crippen molar-refractivity contribution < 1.29 is 19.1 Å². The molecule has 27 heavy (non-hydrogen) atoms. The summed E-state index contributed by atoms with van der Waals surface area (Å²) < 4.78 is 17.0. The molecule has 1 aromatic carbocycles. The molecule has 1 saturated carbocycles. The first-order valence-electron chi connectivity index (χ1n) is 9.00. The largest absolute Gasteiger partial charge is 0.477 e. The second-order valence-corrected chi connectivity index (χ2v) is 7.64. The molecule has 7 nitrogen and oxygen atoms in total. The first-order chi connectivity index (χ1) is 12.8. The summed E-state index contributed by atoms with van der Waals surface area (Å²) in [5, 5.41) is 14.9. The zero-order valence-corrected chi connectivity index (χ0v) is 15.0. The number of carboxylic acids is 1. The minimum atomic E-state index is -1.35. The standard InChI is InChI=1S/C19H20FN3O4/c1-8(2)5-13-18(25)22-12-6-10-16(14(20)15(12)21-13)23(9-3-4-9)7-11(17(10)24)19(26)27/h6-9,13,21H,3-5H2,1-2H3,(H,22,25)(H,26,27). The van der Waals surface area contributed by atoms with Gasteiger partial charge in [0.25, 0.3) is 0 Å². The molecule has 1 aliphatic heterocycles. The number of fused-ring (bicyclic) bond motifs is 2. The Kier molecular flexibility index (Phi) is 3.94. The maximum atomic E-state index is 15.4. The molecule has 0 saturated heterocycles. The second-order valence-electron chi connectivity index (χ2n) is 7.64. The van der Waals surface area contributed by atoms with E-state index in [0.29, 0.717) is 6.42 Å². The van der Waals surface area contributed by atoms with Crippen LogP contribution >= 0.6 is 0 Å². The van der Waals surface area contributed by atoms with Crippen LogP contribution in [0.25, 0.3) is 10.9 Å². The Labute approximate surface area is 154 Å². The summed E-state index contributed by atoms with van der Waals surface area (Å²) in [5.41, 5.74) is -0.772. The lowest BCUT2D eigenvalue weighted by Crippen LogP contribution is -2.40. The Morgan fingerprint density at radius 2 is 2.07 bits per heavy atom. The van der Waals surface area contributed by atoms with Gasteiger partial charge in [-0.1, -0.05) is 13.8 Å². The van der Waals surface area contributed by atoms with E-state index in [-0.39, 0.29) is 40.1 Å². The van der Waals surface area contributed by atoms with E-state index in [0.717, 1.165) is 12.8 Å². The molecular formula is C19H20FN3O4. The summed E-state index contributed by atoms with van der Waals surface area (Å²) in [7, 11) is 0. The van der Waals surface area contributed by atoms with Crippen LogP contribution in [0.3, 0.4) is 0 Å². The molecule has 0 radical (unpaired) electrons. The fourth-order valence-corrected chi connectivity index (χ4v) is 3.60. The van der Waals surface area contributed by atoms with Crippen LogP contribution in [0.2, 0.25) is 0 Å². The average Bonchev–Trinajstić information content (AvgIpc) is 3.41. The van der Waals surface area contributed by atoms with Gasteiger partial charge in [-0.15, -0.1) is 0 Å². The van der Waals surface area contributed by atoms with E-state index in [1.54, 1.807) is 4.57 Å². The molecule has 1 atom stereocenters. The van der Waals surface area contributed by atoms with Crippen LogP contribution in [0, 0.1) is 11.7 Å². The minimum Gasteiger partial charge on any atom is -0.477 e. The summed E-state index contributed by atoms with van der Waals surface area (Å²) in [6.07, 6.45) is 3.37. The van der Waals surface area contributed by atoms with Gasteiger partial charge in [-0.3, -0.25) is 9.59 Å². The van der Waals surface area contributed by atoms with Crippen LogP contribution in [0.1, 0.15) is 49.5 Å². The molecule has 0 spiro atoms. The number of amides is 1. The lowest BCUT2D eigenvalue weighted by molar-refractivity contribution is -0.117. The normalized spacial score (nSPS) is 19.0. The molecule has 4 rings (SSSR count). The van der Waals surface area contributed by atoms with E-state index in [2.05, 4.69) is 10.6 Å². The fourth-order valence-electron chi connectivity index (χ4n) is 3.60. The zero-order chi connectivity index (χ0) is 19.5. The number of benzene rings is 1. The summed E-state index contributed by atoms with van der Waals surface area (Å²) >= 11 is 0. The van der Waals surface area contributed by atoms with E-state index < -0.39 is 28.8 Å². The van der Waals surface area contributed by atoms with Crippen LogP contribution in [0.5, 0.6) is 0 Å². The van der Waals surface area contributed by atoms with Crippen molar-refractivity contribution in [1.29, 1.82) is 0 Å². The van der Waals surface area contributed by atoms with E-state index >= 15 is 4.39 Å². The van der Waals surface area contributed by atoms with Crippen molar-refractivity contribution in [2.24, 2.45) is 5.92 Å². The van der Waals surface area contributed by atoms with Crippen molar-refractivity contribution >= 4 is 34.2 Å². The summed E-state index contributed by atoms with van der Waals surface area (Å²) in [6.45, 7) is 3.94. The Balaban J connectivity index is 1.96. The number of aromatic nitrogens is 1. The van der Waals surface area contributed by atoms with Crippen molar-refractivity contribution in [3.63, 3.8) is 0 Å². The third kappa shape index (κ3) is 2.85. The summed E-state index contributed by atoms with van der Waals surface area (Å²) in [4.78, 5) is 36.4. The van der Waals surface area contributed by atoms with Crippen molar-refractivity contribution in [2.45, 2.75) is 45.2 Å². The molecule has 1 aromatic heterocycles. The van der Waals surface area contributed by atoms with Crippen LogP contribution in [-0.4, -0.2) is 27.6 Å². The predicted octanol–water partition coefficient (Wildman–Crippen LogP) is 2.95. The SMILES string of the molecule is CC(C)CC1Nc2c(cc3c(=O)c(C(=O)O)cn(C4CC4)c3c2F)NC1=O. The van der Waals surface area contributed by atoms with Gasteiger partial charge >= 0.3 is 5.97 Å². The number of anilines is 2. The molecule has 8 heteroatoms. The van der Waals surface area contributed by atoms with Gasteiger partial charge < -0.3 is 20.3 Å². The molecule has 1 amide bonds. The number of nitrogens with one attached hydrogen (secondary N) is 2. The molecule has 142 valence electrons. The minimum absolute atomic E-state index is 0.0246. The Morgan fingerprint density at radius 3 is 2.67 bits per heavy atom. The van der Waals surface area contributed by atoms with Gasteiger partial charge in [0.1, 0.15) is 11.6 Å². The first-order valence-corrected chi connectivity index (χ1v) is 9.00. The van der Waals surface area contributed by atoms with Gasteiger partial charge in [0.15, 0.2) is 5.82 Å². The van der Waals surface area contributed by atoms with Crippen molar-refractivity contribution in [3.05, 3.63) is 33.9 Å². The molecule has 1 aliphatic carbocycles. The van der Waals surface area contributed by atoms with E-state index in [9.17, 15) is 19.5 Å². The lowest BCUT2D eigenvalue weighted by atomic mass is 9.99. The molecule has 2 aromatic rings. The van der Waals surface area contributed by atoms with E-state index in [4.69, 9.17) is 0 Å². The maximum absolute atomic E-state index is 15.4. The topological polar surface area (TPSA) is 100 Å². The monoisotopic (exact) mass is 373 g/mol. The summed E-state index contributed by atoms with van der Waals surface area (Å²) in [5.74, 6) is -2.06. The van der Waals surface area contributed by atoms with Gasteiger partial charge in [0.2, 0.25) is 11.3 Å². The molecule has 1 fully saturated rings. The highest BCUT2D eigenvalue weighted by Crippen LogP contribution is 2.41.